The fourth-order valence-corrected chi connectivity index (χ4v) is 3.79. The van der Waals surface area contributed by atoms with Gasteiger partial charge in [-0.25, -0.2) is 4.98 Å². The van der Waals surface area contributed by atoms with Gasteiger partial charge < -0.3 is 5.32 Å². The molecule has 0 aliphatic heterocycles. The maximum Gasteiger partial charge on any atom is 0.230 e. The summed E-state index contributed by atoms with van der Waals surface area (Å²) in [5.74, 6) is 1.39. The van der Waals surface area contributed by atoms with E-state index in [1.54, 1.807) is 6.20 Å². The molecule has 4 aromatic rings. The first-order valence-electron chi connectivity index (χ1n) is 9.43. The molecular formula is C21H22N6OS. The number of imidazole rings is 1. The van der Waals surface area contributed by atoms with E-state index in [9.17, 15) is 4.79 Å². The summed E-state index contributed by atoms with van der Waals surface area (Å²) in [5.41, 5.74) is 3.09. The molecule has 0 aliphatic carbocycles. The number of hydrogen-bond acceptors (Lipinski definition) is 5. The third-order valence-electron chi connectivity index (χ3n) is 4.61. The molecular weight excluding hydrogens is 384 g/mol. The Morgan fingerprint density at radius 1 is 1.10 bits per heavy atom. The van der Waals surface area contributed by atoms with Crippen LogP contribution in [0.3, 0.4) is 0 Å². The molecule has 0 unspecified atom stereocenters. The van der Waals surface area contributed by atoms with Gasteiger partial charge in [0.05, 0.1) is 12.3 Å². The van der Waals surface area contributed by atoms with Gasteiger partial charge in [0, 0.05) is 24.3 Å². The van der Waals surface area contributed by atoms with E-state index in [4.69, 9.17) is 0 Å². The number of pyridine rings is 1. The lowest BCUT2D eigenvalue weighted by Crippen LogP contribution is -2.25. The van der Waals surface area contributed by atoms with Crippen LogP contribution < -0.4 is 5.32 Å². The largest absolute Gasteiger partial charge is 0.348 e. The lowest BCUT2D eigenvalue weighted by atomic mass is 10.0. The molecule has 0 bridgehead atoms. The number of carbonyl (C=O) groups is 1. The number of thioether (sulfide) groups is 1. The highest BCUT2D eigenvalue weighted by atomic mass is 32.2. The van der Waals surface area contributed by atoms with Crippen molar-refractivity contribution in [3.63, 3.8) is 0 Å². The van der Waals surface area contributed by atoms with Crippen LogP contribution in [0, 0.1) is 0 Å². The third-order valence-corrected chi connectivity index (χ3v) is 5.57. The molecule has 1 amide bonds. The van der Waals surface area contributed by atoms with Crippen molar-refractivity contribution < 1.29 is 4.79 Å². The smallest absolute Gasteiger partial charge is 0.230 e. The van der Waals surface area contributed by atoms with Crippen molar-refractivity contribution in [3.8, 4) is 5.69 Å². The molecule has 3 aromatic heterocycles. The number of fused-ring (bicyclic) bond motifs is 1. The number of carbonyl (C=O) groups excluding carboxylic acids is 1. The zero-order valence-electron chi connectivity index (χ0n) is 16.3. The Balaban J connectivity index is 1.36. The van der Waals surface area contributed by atoms with Gasteiger partial charge in [-0.2, -0.15) is 0 Å². The van der Waals surface area contributed by atoms with Gasteiger partial charge in [0.25, 0.3) is 0 Å². The second-order valence-corrected chi connectivity index (χ2v) is 7.88. The molecule has 29 heavy (non-hydrogen) atoms. The van der Waals surface area contributed by atoms with Crippen molar-refractivity contribution in [3.05, 3.63) is 72.4 Å². The molecule has 7 nitrogen and oxygen atoms in total. The van der Waals surface area contributed by atoms with Crippen molar-refractivity contribution in [1.29, 1.82) is 0 Å². The summed E-state index contributed by atoms with van der Waals surface area (Å²) in [6.45, 7) is 4.68. The Morgan fingerprint density at radius 2 is 1.93 bits per heavy atom. The van der Waals surface area contributed by atoms with Crippen LogP contribution in [0.2, 0.25) is 0 Å². The molecule has 1 N–H and O–H groups in total. The molecule has 148 valence electrons. The molecule has 3 heterocycles. The predicted molar refractivity (Wildman–Crippen MR) is 113 cm³/mol. The zero-order valence-corrected chi connectivity index (χ0v) is 17.1. The Hall–Kier alpha value is -3.13. The minimum atomic E-state index is -0.0765. The van der Waals surface area contributed by atoms with Gasteiger partial charge >= 0.3 is 0 Å². The van der Waals surface area contributed by atoms with Crippen molar-refractivity contribution >= 4 is 23.3 Å². The molecule has 0 saturated carbocycles. The van der Waals surface area contributed by atoms with Gasteiger partial charge in [-0.1, -0.05) is 43.8 Å². The number of benzene rings is 1. The number of amides is 1. The standard InChI is InChI=1S/C21H22N6OS/c1-15(2)16-6-8-17(9-7-16)26-12-10-22-21(26)29-14-20(28)23-13-19-25-24-18-5-3-4-11-27(18)19/h3-12,15H,13-14H2,1-2H3,(H,23,28). The van der Waals surface area contributed by atoms with Crippen molar-refractivity contribution in [2.45, 2.75) is 31.5 Å². The van der Waals surface area contributed by atoms with Crippen LogP contribution in [0.5, 0.6) is 0 Å². The van der Waals surface area contributed by atoms with E-state index >= 15 is 0 Å². The summed E-state index contributed by atoms with van der Waals surface area (Å²) in [6, 6.07) is 14.1. The highest BCUT2D eigenvalue weighted by molar-refractivity contribution is 7.99. The SMILES string of the molecule is CC(C)c1ccc(-n2ccnc2SCC(=O)NCc2nnc3ccccn23)cc1. The number of hydrogen-bond donors (Lipinski definition) is 1. The molecule has 1 aromatic carbocycles. The van der Waals surface area contributed by atoms with E-state index in [0.717, 1.165) is 16.5 Å². The van der Waals surface area contributed by atoms with Gasteiger partial charge in [-0.3, -0.25) is 13.8 Å². The lowest BCUT2D eigenvalue weighted by molar-refractivity contribution is -0.118. The summed E-state index contributed by atoms with van der Waals surface area (Å²) in [5, 5.41) is 11.9. The molecule has 4 rings (SSSR count). The third kappa shape index (κ3) is 4.32. The highest BCUT2D eigenvalue weighted by Crippen LogP contribution is 2.22. The van der Waals surface area contributed by atoms with Crippen LogP contribution in [0.1, 0.15) is 31.2 Å². The molecule has 8 heteroatoms. The number of nitrogens with zero attached hydrogens (tertiary/aromatic N) is 5. The first kappa shape index (κ1) is 19.2. The summed E-state index contributed by atoms with van der Waals surface area (Å²) in [7, 11) is 0. The number of aromatic nitrogens is 5. The van der Waals surface area contributed by atoms with Crippen molar-refractivity contribution in [2.75, 3.05) is 5.75 Å². The summed E-state index contributed by atoms with van der Waals surface area (Å²) in [6.07, 6.45) is 5.54. The molecule has 0 spiro atoms. The minimum absolute atomic E-state index is 0.0765. The van der Waals surface area contributed by atoms with Gasteiger partial charge in [0.15, 0.2) is 16.6 Å². The second-order valence-electron chi connectivity index (χ2n) is 6.94. The van der Waals surface area contributed by atoms with E-state index < -0.39 is 0 Å². The molecule has 0 radical (unpaired) electrons. The first-order chi connectivity index (χ1) is 14.1. The Bertz CT molecular complexity index is 1120. The van der Waals surface area contributed by atoms with E-state index in [0.29, 0.717) is 18.3 Å². The molecule has 0 saturated heterocycles. The Labute approximate surface area is 173 Å². The zero-order chi connectivity index (χ0) is 20.2. The van der Waals surface area contributed by atoms with Gasteiger partial charge in [-0.15, -0.1) is 10.2 Å². The molecule has 0 atom stereocenters. The van der Waals surface area contributed by atoms with E-state index in [1.807, 2.05) is 39.6 Å². The van der Waals surface area contributed by atoms with E-state index in [2.05, 4.69) is 58.6 Å². The quantitative estimate of drug-likeness (QED) is 0.476. The number of rotatable bonds is 7. The van der Waals surface area contributed by atoms with Gasteiger partial charge in [0.1, 0.15) is 0 Å². The summed E-state index contributed by atoms with van der Waals surface area (Å²) in [4.78, 5) is 16.7. The fraction of sp³-hybridized carbons (Fsp3) is 0.238. The summed E-state index contributed by atoms with van der Waals surface area (Å²) >= 11 is 1.40. The topological polar surface area (TPSA) is 77.1 Å². The van der Waals surface area contributed by atoms with Crippen LogP contribution in [0.15, 0.2) is 66.2 Å². The Morgan fingerprint density at radius 3 is 2.72 bits per heavy atom. The lowest BCUT2D eigenvalue weighted by Gasteiger charge is -2.10. The number of nitrogens with one attached hydrogen (secondary N) is 1. The second kappa shape index (κ2) is 8.48. The summed E-state index contributed by atoms with van der Waals surface area (Å²) < 4.78 is 3.86. The van der Waals surface area contributed by atoms with Crippen LogP contribution in [-0.2, 0) is 11.3 Å². The van der Waals surface area contributed by atoms with Crippen molar-refractivity contribution in [1.82, 2.24) is 29.5 Å². The first-order valence-corrected chi connectivity index (χ1v) is 10.4. The van der Waals surface area contributed by atoms with Crippen molar-refractivity contribution in [2.24, 2.45) is 0 Å². The van der Waals surface area contributed by atoms with Crippen LogP contribution in [-0.4, -0.2) is 35.8 Å². The minimum Gasteiger partial charge on any atom is -0.348 e. The monoisotopic (exact) mass is 406 g/mol. The fourth-order valence-electron chi connectivity index (χ4n) is 2.98. The van der Waals surface area contributed by atoms with Crippen LogP contribution >= 0.6 is 11.8 Å². The van der Waals surface area contributed by atoms with E-state index in [1.165, 1.54) is 17.3 Å². The van der Waals surface area contributed by atoms with Crippen LogP contribution in [0.4, 0.5) is 0 Å². The van der Waals surface area contributed by atoms with Crippen LogP contribution in [0.25, 0.3) is 11.3 Å². The maximum absolute atomic E-state index is 12.3. The maximum atomic E-state index is 12.3. The molecule has 0 aliphatic rings. The van der Waals surface area contributed by atoms with Gasteiger partial charge in [0.2, 0.25) is 5.91 Å². The normalized spacial score (nSPS) is 11.3. The Kier molecular flexibility index (Phi) is 5.62. The van der Waals surface area contributed by atoms with Gasteiger partial charge in [-0.05, 0) is 35.7 Å². The highest BCUT2D eigenvalue weighted by Gasteiger charge is 2.11. The molecule has 0 fully saturated rings. The van der Waals surface area contributed by atoms with E-state index in [-0.39, 0.29) is 11.7 Å². The predicted octanol–water partition coefficient (Wildman–Crippen LogP) is 3.45. The average Bonchev–Trinajstić information content (AvgIpc) is 3.38. The average molecular weight is 407 g/mol.